The number of para-hydroxylation sites is 4. The molecule has 0 bridgehead atoms. The number of ether oxygens (including phenoxy) is 6. The standard InChI is InChI=1S/C50H52N5O6S.C49H51N4O5S.2Y/c1-30(2)28-62-29-48(56)53(5)36-17-32(26-60-45-22-41-39(15-31(45)3)49(57)54-37(24-51-41)19-34-11-7-9-13-42(34)54)16-33(18-36)27-61-47-23-44-40(21-46(47)59-6)50(58)55-38(25-52(44)4)20-35-12-8-10-14-43(35)55;1-30(2)29-59-15-14-32-17-33(27-57-45-23-41-39(16-31(45)3)48(54)52-37(25-50-41)20-35-10-6-8-12-42(35)52)19-34(18-32)28-58-47-24-44-40(22-46(47)56-5)49(55)53-38(26-51(44)4)21-36-11-7-9-13-43(36)53;;/h7-18,21-23,25,30,37-38,51H,19-20,24,26-29H2,1-6H3;6-13,16-19,22-24,26,30,37-38,50H,14-15,20-21,25,27-29H2,1-5H3;;/q2*-1;;/t2*37-,38-;;/m00../s1. The fourth-order valence-corrected chi connectivity index (χ4v) is 19.9. The number of hydrogen-bond acceptors (Lipinski definition) is 17. The molecular weight excluding hydrogens is 1730 g/mol. The molecule has 10 aromatic rings. The summed E-state index contributed by atoms with van der Waals surface area (Å²) in [6, 6.07) is 60.2. The van der Waals surface area contributed by atoms with E-state index in [1.807, 2.05) is 203 Å². The van der Waals surface area contributed by atoms with Gasteiger partial charge in [0.2, 0.25) is 5.91 Å². The molecule has 630 valence electrons. The van der Waals surface area contributed by atoms with Gasteiger partial charge in [0.1, 0.15) is 37.9 Å². The maximum absolute atomic E-state index is 14.2. The Hall–Kier alpha value is -9.54. The first-order chi connectivity index (χ1) is 58.6. The zero-order chi connectivity index (χ0) is 84.0. The van der Waals surface area contributed by atoms with E-state index in [4.69, 9.17) is 28.4 Å². The van der Waals surface area contributed by atoms with E-state index in [-0.39, 0.29) is 132 Å². The first-order valence-corrected chi connectivity index (χ1v) is 44.1. The number of likely N-dealkylation sites (N-methyl/N-ethyl adjacent to an activating group) is 2. The van der Waals surface area contributed by atoms with Gasteiger partial charge in [-0.3, -0.25) is 24.0 Å². The minimum absolute atomic E-state index is 0. The van der Waals surface area contributed by atoms with Gasteiger partial charge in [0.15, 0.2) is 23.0 Å². The largest absolute Gasteiger partial charge is 0.522 e. The molecule has 4 atom stereocenters. The summed E-state index contributed by atoms with van der Waals surface area (Å²) in [5, 5.41) is 7.11. The number of nitrogens with zero attached hydrogens (tertiary/aromatic N) is 7. The number of anilines is 9. The molecule has 2 radical (unpaired) electrons. The molecule has 8 aliphatic rings. The van der Waals surface area contributed by atoms with E-state index < -0.39 is 0 Å². The summed E-state index contributed by atoms with van der Waals surface area (Å²) < 4.78 is 37.9. The van der Waals surface area contributed by atoms with Crippen molar-refractivity contribution in [2.45, 2.75) is 124 Å². The quantitative estimate of drug-likeness (QED) is 0.0429. The number of amides is 5. The van der Waals surface area contributed by atoms with E-state index in [1.165, 1.54) is 22.3 Å². The van der Waals surface area contributed by atoms with Crippen LogP contribution in [0.5, 0.6) is 34.5 Å². The molecule has 18 rings (SSSR count). The number of methoxy groups -OCH3 is 2. The van der Waals surface area contributed by atoms with E-state index in [1.54, 1.807) is 44.0 Å². The van der Waals surface area contributed by atoms with E-state index in [2.05, 4.69) is 93.9 Å². The van der Waals surface area contributed by atoms with Gasteiger partial charge in [-0.25, -0.2) is 13.1 Å². The molecule has 2 N–H and O–H groups in total. The molecule has 0 saturated heterocycles. The number of carbonyl (C=O) groups excluding carboxylic acids is 5. The first kappa shape index (κ1) is 88.3. The predicted molar refractivity (Wildman–Crippen MR) is 485 cm³/mol. The third kappa shape index (κ3) is 18.3. The Kier molecular flexibility index (Phi) is 27.4. The maximum Gasteiger partial charge on any atom is 0.260 e. The Bertz CT molecular complexity index is 5710. The van der Waals surface area contributed by atoms with E-state index in [0.29, 0.717) is 94.9 Å². The minimum atomic E-state index is -0.108. The number of benzene rings is 10. The minimum Gasteiger partial charge on any atom is -0.522 e. The summed E-state index contributed by atoms with van der Waals surface area (Å²) in [6.45, 7) is 19.3. The molecule has 10 aromatic carbocycles. The first-order valence-electron chi connectivity index (χ1n) is 41.8. The fraction of sp³-hybridized carbons (Fsp3) is 0.323. The van der Waals surface area contributed by atoms with Crippen molar-refractivity contribution in [1.82, 2.24) is 0 Å². The van der Waals surface area contributed by atoms with Gasteiger partial charge < -0.3 is 73.4 Å². The number of nitrogens with one attached hydrogen (secondary N) is 2. The molecule has 0 aromatic heterocycles. The number of hydrogen-bond donors (Lipinski definition) is 2. The van der Waals surface area contributed by atoms with Crippen molar-refractivity contribution < 1.29 is 118 Å². The summed E-state index contributed by atoms with van der Waals surface area (Å²) in [5.74, 6) is 7.83. The molecule has 20 nitrogen and oxygen atoms in total. The third-order valence-corrected chi connectivity index (χ3v) is 26.7. The number of carbonyl (C=O) groups is 5. The molecular formula is C99H103N9O11S2Y2-2. The Labute approximate surface area is 780 Å². The smallest absolute Gasteiger partial charge is 0.260 e. The number of aryl methyl sites for hydroxylation is 3. The maximum atomic E-state index is 14.2. The Morgan fingerprint density at radius 3 is 1.22 bits per heavy atom. The summed E-state index contributed by atoms with van der Waals surface area (Å²) in [7, 11) is 8.94. The predicted octanol–water partition coefficient (Wildman–Crippen LogP) is 18.0. The normalized spacial score (nSPS) is 17.1. The van der Waals surface area contributed by atoms with Crippen molar-refractivity contribution in [2.75, 3.05) is 116 Å². The molecule has 0 fully saturated rings. The summed E-state index contributed by atoms with van der Waals surface area (Å²) in [6.07, 6.45) is 4.09. The number of thioether (sulfide) groups is 2. The van der Waals surface area contributed by atoms with Crippen LogP contribution in [0.15, 0.2) is 182 Å². The molecule has 5 amide bonds. The van der Waals surface area contributed by atoms with Crippen LogP contribution in [0.1, 0.15) is 130 Å². The summed E-state index contributed by atoms with van der Waals surface area (Å²) >= 11 is 3.60. The van der Waals surface area contributed by atoms with Crippen LogP contribution in [0.25, 0.3) is 0 Å². The van der Waals surface area contributed by atoms with Crippen molar-refractivity contribution >= 4 is 104 Å². The summed E-state index contributed by atoms with van der Waals surface area (Å²) in [5.41, 5.74) is 21.5. The van der Waals surface area contributed by atoms with Crippen molar-refractivity contribution in [3.8, 4) is 34.5 Å². The summed E-state index contributed by atoms with van der Waals surface area (Å²) in [4.78, 5) is 83.1. The number of rotatable bonds is 24. The van der Waals surface area contributed by atoms with Crippen LogP contribution in [0.4, 0.5) is 51.2 Å². The van der Waals surface area contributed by atoms with Crippen molar-refractivity contribution in [2.24, 2.45) is 11.8 Å². The Morgan fingerprint density at radius 2 is 0.805 bits per heavy atom. The molecule has 24 heteroatoms. The molecule has 0 unspecified atom stereocenters. The van der Waals surface area contributed by atoms with Crippen LogP contribution in [-0.2, 0) is 129 Å². The fourth-order valence-electron chi connectivity index (χ4n) is 18.0. The zero-order valence-electron chi connectivity index (χ0n) is 71.6. The zero-order valence-corrected chi connectivity index (χ0v) is 78.9. The van der Waals surface area contributed by atoms with Crippen molar-refractivity contribution in [3.63, 3.8) is 0 Å². The van der Waals surface area contributed by atoms with Crippen LogP contribution in [0.2, 0.25) is 0 Å². The topological polar surface area (TPSA) is 187 Å². The van der Waals surface area contributed by atoms with Gasteiger partial charge in [-0.1, -0.05) is 125 Å². The van der Waals surface area contributed by atoms with Crippen LogP contribution >= 0.6 is 23.5 Å². The van der Waals surface area contributed by atoms with Gasteiger partial charge in [-0.15, -0.1) is 0 Å². The van der Waals surface area contributed by atoms with Crippen LogP contribution < -0.4 is 73.4 Å². The third-order valence-electron chi connectivity index (χ3n) is 23.9. The Balaban J connectivity index is 0.000000188. The van der Waals surface area contributed by atoms with Gasteiger partial charge in [0.05, 0.1) is 65.7 Å². The molecule has 8 aliphatic heterocycles. The van der Waals surface area contributed by atoms with E-state index in [9.17, 15) is 24.0 Å². The van der Waals surface area contributed by atoms with Crippen molar-refractivity contribution in [1.29, 1.82) is 0 Å². The van der Waals surface area contributed by atoms with Crippen molar-refractivity contribution in [3.05, 3.63) is 279 Å². The molecule has 8 heterocycles. The SMILES string of the molecule is COc1cc2c(cc1OCc1cc(CCSCC(C)C)cc(COc3cc4c(cc3C)C(=O)N3c5ccccc5C[C@H]3CN4)c1)N(C)[CH-][C@@H]1Cc3ccccc3N1C2=O.COc1cc2c(cc1OCc1cc(COc3cc4c(cc3C)C(=O)N3c5ccccc5C[C@H]3CN4)cc(N(C)C(=O)CSCC(C)C)c1)N(C)[CH-][C@@H]1Cc3ccccc3N1C2=O.[Y].[Y]. The van der Waals surface area contributed by atoms with Crippen LogP contribution in [0, 0.1) is 38.8 Å². The second-order valence-corrected chi connectivity index (χ2v) is 35.7. The van der Waals surface area contributed by atoms with Crippen LogP contribution in [-0.4, -0.2) is 125 Å². The molecule has 0 saturated carbocycles. The van der Waals surface area contributed by atoms with E-state index in [0.717, 1.165) is 145 Å². The molecule has 0 aliphatic carbocycles. The van der Waals surface area contributed by atoms with Gasteiger partial charge in [-0.05, 0) is 223 Å². The number of fused-ring (bicyclic) bond motifs is 16. The van der Waals surface area contributed by atoms with E-state index >= 15 is 0 Å². The van der Waals surface area contributed by atoms with Gasteiger partial charge in [0.25, 0.3) is 23.6 Å². The van der Waals surface area contributed by atoms with Gasteiger partial charge in [-0.2, -0.15) is 23.5 Å². The monoisotopic (exact) mass is 1840 g/mol. The van der Waals surface area contributed by atoms with Crippen LogP contribution in [0.3, 0.4) is 0 Å². The second kappa shape index (κ2) is 38.1. The average Bonchev–Trinajstić information content (AvgIpc) is 1.63. The van der Waals surface area contributed by atoms with Gasteiger partial charge >= 0.3 is 0 Å². The molecule has 123 heavy (non-hydrogen) atoms. The average molecular weight is 1840 g/mol. The second-order valence-electron chi connectivity index (χ2n) is 33.5. The Morgan fingerprint density at radius 1 is 0.439 bits per heavy atom. The van der Waals surface area contributed by atoms with Gasteiger partial charge in [0, 0.05) is 150 Å². The molecule has 0 spiro atoms.